The smallest absolute Gasteiger partial charge is 0.255 e. The Morgan fingerprint density at radius 2 is 1.83 bits per heavy atom. The van der Waals surface area contributed by atoms with Crippen molar-refractivity contribution in [1.29, 1.82) is 0 Å². The Labute approximate surface area is 171 Å². The van der Waals surface area contributed by atoms with Crippen molar-refractivity contribution in [3.8, 4) is 11.4 Å². The second kappa shape index (κ2) is 6.73. The van der Waals surface area contributed by atoms with Gasteiger partial charge < -0.3 is 21.5 Å². The van der Waals surface area contributed by atoms with E-state index in [-0.39, 0.29) is 28.6 Å². The van der Waals surface area contributed by atoms with Gasteiger partial charge in [-0.1, -0.05) is 12.1 Å². The maximum atomic E-state index is 12.6. The summed E-state index contributed by atoms with van der Waals surface area (Å²) in [6, 6.07) is 9.88. The van der Waals surface area contributed by atoms with E-state index in [1.54, 1.807) is 44.4 Å². The van der Waals surface area contributed by atoms with Crippen molar-refractivity contribution in [2.75, 3.05) is 19.8 Å². The molecule has 0 spiro atoms. The number of nitrogens with two attached hydrogens (primary N) is 2. The summed E-state index contributed by atoms with van der Waals surface area (Å²) in [6.45, 7) is 1.84. The first kappa shape index (κ1) is 19.2. The summed E-state index contributed by atoms with van der Waals surface area (Å²) in [4.78, 5) is 35.5. The van der Waals surface area contributed by atoms with Crippen LogP contribution < -0.4 is 11.5 Å². The number of benzene rings is 2. The van der Waals surface area contributed by atoms with Crippen molar-refractivity contribution >= 4 is 39.8 Å². The van der Waals surface area contributed by atoms with Crippen molar-refractivity contribution in [2.45, 2.75) is 6.92 Å². The number of amides is 2. The van der Waals surface area contributed by atoms with Gasteiger partial charge in [0.15, 0.2) is 5.65 Å². The molecule has 2 aromatic carbocycles. The summed E-state index contributed by atoms with van der Waals surface area (Å²) in [6.07, 6.45) is 0. The first-order valence-electron chi connectivity index (χ1n) is 9.12. The molecule has 0 unspecified atom stereocenters. The molecule has 0 fully saturated rings. The highest BCUT2D eigenvalue weighted by Crippen LogP contribution is 2.33. The first-order valence-corrected chi connectivity index (χ1v) is 9.12. The third kappa shape index (κ3) is 2.79. The molecular formula is C21H20N6O3. The Morgan fingerprint density at radius 1 is 1.10 bits per heavy atom. The number of hydrogen-bond acceptors (Lipinski definition) is 6. The zero-order valence-electron chi connectivity index (χ0n) is 16.7. The monoisotopic (exact) mass is 404 g/mol. The van der Waals surface area contributed by atoms with Crippen molar-refractivity contribution in [2.24, 2.45) is 5.73 Å². The van der Waals surface area contributed by atoms with Crippen LogP contribution in [0.25, 0.3) is 27.9 Å². The van der Waals surface area contributed by atoms with Gasteiger partial charge in [0.05, 0.1) is 16.8 Å². The molecule has 0 bridgehead atoms. The minimum atomic E-state index is -0.765. The number of para-hydroxylation sites is 1. The Morgan fingerprint density at radius 3 is 2.50 bits per heavy atom. The largest absolute Gasteiger partial charge is 0.508 e. The van der Waals surface area contributed by atoms with Crippen molar-refractivity contribution < 1.29 is 14.7 Å². The lowest BCUT2D eigenvalue weighted by molar-refractivity contribution is 0.0829. The van der Waals surface area contributed by atoms with Gasteiger partial charge >= 0.3 is 0 Å². The number of carbonyl (C=O) groups is 2. The summed E-state index contributed by atoms with van der Waals surface area (Å²) in [5, 5.41) is 9.98. The average Bonchev–Trinajstić information content (AvgIpc) is 2.97. The normalized spacial score (nSPS) is 11.2. The summed E-state index contributed by atoms with van der Waals surface area (Å²) >= 11 is 0. The second-order valence-corrected chi connectivity index (χ2v) is 7.20. The standard InChI is InChI=1S/C21H20N6O3/c1-10-7-8-11(28)9-14(10)27-18(22)15(19(23)29)17-20(27)24-13-6-4-5-12(16(13)25-17)21(30)26(2)3/h4-9,28H,22H2,1-3H3,(H2,23,29). The van der Waals surface area contributed by atoms with E-state index in [0.29, 0.717) is 27.9 Å². The molecule has 2 aromatic heterocycles. The van der Waals surface area contributed by atoms with E-state index < -0.39 is 5.91 Å². The molecule has 4 rings (SSSR count). The quantitative estimate of drug-likeness (QED) is 0.477. The van der Waals surface area contributed by atoms with Crippen LogP contribution in [0.2, 0.25) is 0 Å². The maximum absolute atomic E-state index is 12.6. The van der Waals surface area contributed by atoms with Crippen molar-refractivity contribution in [1.82, 2.24) is 19.4 Å². The molecule has 0 aliphatic heterocycles. The topological polar surface area (TPSA) is 140 Å². The van der Waals surface area contributed by atoms with Gasteiger partial charge in [-0.05, 0) is 30.7 Å². The predicted octanol–water partition coefficient (Wildman–Crippen LogP) is 1.97. The number of hydrogen-bond donors (Lipinski definition) is 3. The Balaban J connectivity index is 2.16. The van der Waals surface area contributed by atoms with Crippen LogP contribution in [0.5, 0.6) is 5.75 Å². The molecule has 9 heteroatoms. The maximum Gasteiger partial charge on any atom is 0.255 e. The van der Waals surface area contributed by atoms with Crippen LogP contribution in [-0.4, -0.2) is 50.5 Å². The van der Waals surface area contributed by atoms with E-state index in [0.717, 1.165) is 5.56 Å². The number of nitrogen functional groups attached to an aromatic ring is 1. The van der Waals surface area contributed by atoms with Gasteiger partial charge in [-0.2, -0.15) is 0 Å². The fourth-order valence-electron chi connectivity index (χ4n) is 3.48. The zero-order chi connectivity index (χ0) is 21.7. The number of rotatable bonds is 3. The van der Waals surface area contributed by atoms with Crippen LogP contribution in [0, 0.1) is 6.92 Å². The number of carbonyl (C=O) groups excluding carboxylic acids is 2. The molecule has 2 heterocycles. The summed E-state index contributed by atoms with van der Waals surface area (Å²) in [5.74, 6) is -0.919. The van der Waals surface area contributed by atoms with Gasteiger partial charge in [-0.25, -0.2) is 9.97 Å². The van der Waals surface area contributed by atoms with E-state index in [9.17, 15) is 14.7 Å². The molecule has 30 heavy (non-hydrogen) atoms. The fourth-order valence-corrected chi connectivity index (χ4v) is 3.48. The average molecular weight is 404 g/mol. The second-order valence-electron chi connectivity index (χ2n) is 7.20. The molecule has 2 amide bonds. The molecule has 0 atom stereocenters. The van der Waals surface area contributed by atoms with Gasteiger partial charge in [0, 0.05) is 20.2 Å². The van der Waals surface area contributed by atoms with Crippen molar-refractivity contribution in [3.63, 3.8) is 0 Å². The van der Waals surface area contributed by atoms with E-state index in [1.807, 2.05) is 6.92 Å². The highest BCUT2D eigenvalue weighted by atomic mass is 16.3. The molecule has 0 saturated heterocycles. The molecule has 0 saturated carbocycles. The van der Waals surface area contributed by atoms with Crippen LogP contribution in [0.4, 0.5) is 5.82 Å². The Kier molecular flexibility index (Phi) is 4.30. The SMILES string of the molecule is Cc1ccc(O)cc1-n1c(N)c(C(N)=O)c2nc3c(C(=O)N(C)C)cccc3nc21. The highest BCUT2D eigenvalue weighted by molar-refractivity contribution is 6.12. The molecule has 5 N–H and O–H groups in total. The molecular weight excluding hydrogens is 384 g/mol. The van der Waals surface area contributed by atoms with Crippen LogP contribution in [-0.2, 0) is 0 Å². The van der Waals surface area contributed by atoms with Crippen LogP contribution in [0.15, 0.2) is 36.4 Å². The van der Waals surface area contributed by atoms with E-state index in [4.69, 9.17) is 11.5 Å². The lowest BCUT2D eigenvalue weighted by Crippen LogP contribution is -2.22. The minimum absolute atomic E-state index is 0.00856. The van der Waals surface area contributed by atoms with Gasteiger partial charge in [0.25, 0.3) is 11.8 Å². The molecule has 4 aromatic rings. The van der Waals surface area contributed by atoms with Crippen LogP contribution in [0.3, 0.4) is 0 Å². The van der Waals surface area contributed by atoms with Crippen molar-refractivity contribution in [3.05, 3.63) is 53.1 Å². The molecule has 152 valence electrons. The Bertz CT molecular complexity index is 1360. The van der Waals surface area contributed by atoms with E-state index >= 15 is 0 Å². The van der Waals surface area contributed by atoms with Crippen LogP contribution >= 0.6 is 0 Å². The minimum Gasteiger partial charge on any atom is -0.508 e. The van der Waals surface area contributed by atoms with E-state index in [2.05, 4.69) is 9.97 Å². The highest BCUT2D eigenvalue weighted by Gasteiger charge is 2.25. The first-order chi connectivity index (χ1) is 14.2. The van der Waals surface area contributed by atoms with Gasteiger partial charge in [0.2, 0.25) is 0 Å². The lowest BCUT2D eigenvalue weighted by atomic mass is 10.1. The number of nitrogens with zero attached hydrogens (tertiary/aromatic N) is 4. The van der Waals surface area contributed by atoms with Gasteiger partial charge in [-0.3, -0.25) is 14.2 Å². The number of anilines is 1. The number of aromatic nitrogens is 3. The summed E-state index contributed by atoms with van der Waals surface area (Å²) in [7, 11) is 3.28. The van der Waals surface area contributed by atoms with Crippen LogP contribution in [0.1, 0.15) is 26.3 Å². The molecule has 0 radical (unpaired) electrons. The number of phenolic OH excluding ortho intramolecular Hbond substituents is 1. The third-order valence-electron chi connectivity index (χ3n) is 4.94. The predicted molar refractivity (Wildman–Crippen MR) is 114 cm³/mol. The number of aryl methyl sites for hydroxylation is 1. The summed E-state index contributed by atoms with van der Waals surface area (Å²) < 4.78 is 1.54. The third-order valence-corrected chi connectivity index (χ3v) is 4.94. The van der Waals surface area contributed by atoms with Gasteiger partial charge in [0.1, 0.15) is 28.2 Å². The fraction of sp³-hybridized carbons (Fsp3) is 0.143. The number of primary amides is 1. The number of fused-ring (bicyclic) bond motifs is 2. The molecule has 0 aliphatic carbocycles. The molecule has 0 aliphatic rings. The molecule has 9 nitrogen and oxygen atoms in total. The summed E-state index contributed by atoms with van der Waals surface area (Å²) in [5.41, 5.74) is 14.9. The lowest BCUT2D eigenvalue weighted by Gasteiger charge is -2.13. The van der Waals surface area contributed by atoms with E-state index in [1.165, 1.54) is 15.5 Å². The number of phenols is 1. The Hall–Kier alpha value is -4.14. The number of aromatic hydroxyl groups is 1. The zero-order valence-corrected chi connectivity index (χ0v) is 16.7. The van der Waals surface area contributed by atoms with Gasteiger partial charge in [-0.15, -0.1) is 0 Å².